The molecule has 82 valence electrons. The van der Waals surface area contributed by atoms with Crippen LogP contribution in [0.4, 0.5) is 5.82 Å². The predicted molar refractivity (Wildman–Crippen MR) is 64.5 cm³/mol. The van der Waals surface area contributed by atoms with Crippen molar-refractivity contribution in [3.05, 3.63) is 23.9 Å². The Labute approximate surface area is 96.3 Å². The van der Waals surface area contributed by atoms with E-state index in [1.807, 2.05) is 12.3 Å². The van der Waals surface area contributed by atoms with Crippen LogP contribution in [-0.2, 0) is 5.88 Å². The zero-order chi connectivity index (χ0) is 10.7. The third-order valence-electron chi connectivity index (χ3n) is 3.20. The molecule has 1 aliphatic carbocycles. The lowest BCUT2D eigenvalue weighted by atomic mass is 10.2. The lowest BCUT2D eigenvalue weighted by molar-refractivity contribution is 0.646. The molecule has 0 saturated heterocycles. The molecule has 2 nitrogen and oxygen atoms in total. The Morgan fingerprint density at radius 3 is 2.87 bits per heavy atom. The average Bonchev–Trinajstić information content (AvgIpc) is 2.81. The Bertz CT molecular complexity index is 321. The van der Waals surface area contributed by atoms with Crippen LogP contribution in [0, 0.1) is 0 Å². The van der Waals surface area contributed by atoms with Crippen molar-refractivity contribution in [3.63, 3.8) is 0 Å². The van der Waals surface area contributed by atoms with Gasteiger partial charge in [-0.2, -0.15) is 0 Å². The summed E-state index contributed by atoms with van der Waals surface area (Å²) in [6.07, 6.45) is 7.14. The smallest absolute Gasteiger partial charge is 0.128 e. The zero-order valence-electron chi connectivity index (χ0n) is 9.12. The van der Waals surface area contributed by atoms with E-state index in [2.05, 4.69) is 23.0 Å². The van der Waals surface area contributed by atoms with Gasteiger partial charge in [-0.1, -0.05) is 12.8 Å². The molecule has 15 heavy (non-hydrogen) atoms. The second kappa shape index (κ2) is 4.84. The number of aromatic nitrogens is 1. The molecule has 1 saturated carbocycles. The maximum absolute atomic E-state index is 5.82. The Morgan fingerprint density at radius 2 is 2.20 bits per heavy atom. The highest BCUT2D eigenvalue weighted by Gasteiger charge is 2.20. The molecule has 0 bridgehead atoms. The monoisotopic (exact) mass is 224 g/mol. The summed E-state index contributed by atoms with van der Waals surface area (Å²) in [5.74, 6) is 1.62. The van der Waals surface area contributed by atoms with Gasteiger partial charge in [0.1, 0.15) is 5.82 Å². The van der Waals surface area contributed by atoms with Gasteiger partial charge in [0.05, 0.1) is 0 Å². The van der Waals surface area contributed by atoms with E-state index < -0.39 is 0 Å². The molecule has 1 fully saturated rings. The predicted octanol–water partition coefficient (Wildman–Crippen LogP) is 3.20. The number of pyridine rings is 1. The van der Waals surface area contributed by atoms with Gasteiger partial charge >= 0.3 is 0 Å². The standard InChI is InChI=1S/C12H17ClN2/c1-15(11-4-2-3-5-11)12-8-10(9-13)6-7-14-12/h6-8,11H,2-5,9H2,1H3. The van der Waals surface area contributed by atoms with Crippen molar-refractivity contribution in [1.82, 2.24) is 4.98 Å². The van der Waals surface area contributed by atoms with Gasteiger partial charge in [0.25, 0.3) is 0 Å². The van der Waals surface area contributed by atoms with E-state index >= 15 is 0 Å². The normalized spacial score (nSPS) is 16.9. The third kappa shape index (κ3) is 2.43. The minimum Gasteiger partial charge on any atom is -0.357 e. The Balaban J connectivity index is 2.13. The molecule has 0 spiro atoms. The van der Waals surface area contributed by atoms with Crippen molar-refractivity contribution in [3.8, 4) is 0 Å². The molecular formula is C12H17ClN2. The first-order valence-electron chi connectivity index (χ1n) is 5.55. The van der Waals surface area contributed by atoms with E-state index in [0.717, 1.165) is 11.4 Å². The zero-order valence-corrected chi connectivity index (χ0v) is 9.87. The largest absolute Gasteiger partial charge is 0.357 e. The number of halogens is 1. The van der Waals surface area contributed by atoms with Crippen LogP contribution in [0.5, 0.6) is 0 Å². The van der Waals surface area contributed by atoms with Crippen LogP contribution in [0.2, 0.25) is 0 Å². The quantitative estimate of drug-likeness (QED) is 0.733. The van der Waals surface area contributed by atoms with Crippen molar-refractivity contribution < 1.29 is 0 Å². The molecule has 1 aromatic heterocycles. The summed E-state index contributed by atoms with van der Waals surface area (Å²) in [4.78, 5) is 6.69. The van der Waals surface area contributed by atoms with Gasteiger partial charge in [-0.3, -0.25) is 0 Å². The molecule has 1 heterocycles. The second-order valence-electron chi connectivity index (χ2n) is 4.21. The van der Waals surface area contributed by atoms with Crippen molar-refractivity contribution in [2.75, 3.05) is 11.9 Å². The summed E-state index contributed by atoms with van der Waals surface area (Å²) in [6, 6.07) is 4.73. The average molecular weight is 225 g/mol. The number of hydrogen-bond acceptors (Lipinski definition) is 2. The maximum Gasteiger partial charge on any atom is 0.128 e. The van der Waals surface area contributed by atoms with Gasteiger partial charge in [-0.05, 0) is 30.5 Å². The van der Waals surface area contributed by atoms with Crippen LogP contribution in [0.25, 0.3) is 0 Å². The molecule has 0 aliphatic heterocycles. The third-order valence-corrected chi connectivity index (χ3v) is 3.51. The van der Waals surface area contributed by atoms with E-state index in [1.54, 1.807) is 0 Å². The fraction of sp³-hybridized carbons (Fsp3) is 0.583. The Kier molecular flexibility index (Phi) is 3.47. The summed E-state index contributed by atoms with van der Waals surface area (Å²) in [5.41, 5.74) is 1.14. The molecule has 1 aromatic rings. The van der Waals surface area contributed by atoms with Crippen molar-refractivity contribution in [2.45, 2.75) is 37.6 Å². The molecule has 0 atom stereocenters. The highest BCUT2D eigenvalue weighted by molar-refractivity contribution is 6.17. The van der Waals surface area contributed by atoms with Crippen LogP contribution in [0.1, 0.15) is 31.2 Å². The van der Waals surface area contributed by atoms with Crippen LogP contribution in [0.3, 0.4) is 0 Å². The maximum atomic E-state index is 5.82. The molecule has 0 aromatic carbocycles. The van der Waals surface area contributed by atoms with E-state index in [0.29, 0.717) is 11.9 Å². The number of hydrogen-bond donors (Lipinski definition) is 0. The summed E-state index contributed by atoms with van der Waals surface area (Å²) < 4.78 is 0. The van der Waals surface area contributed by atoms with Crippen LogP contribution < -0.4 is 4.90 Å². The highest BCUT2D eigenvalue weighted by atomic mass is 35.5. The van der Waals surface area contributed by atoms with Gasteiger partial charge in [-0.15, -0.1) is 11.6 Å². The van der Waals surface area contributed by atoms with Crippen LogP contribution >= 0.6 is 11.6 Å². The molecule has 1 aliphatic rings. The van der Waals surface area contributed by atoms with Crippen molar-refractivity contribution >= 4 is 17.4 Å². The topological polar surface area (TPSA) is 16.1 Å². The van der Waals surface area contributed by atoms with Crippen LogP contribution in [-0.4, -0.2) is 18.1 Å². The number of rotatable bonds is 3. The second-order valence-corrected chi connectivity index (χ2v) is 4.47. The molecule has 0 amide bonds. The van der Waals surface area contributed by atoms with Gasteiger partial charge in [0.15, 0.2) is 0 Å². The first kappa shape index (κ1) is 10.7. The number of alkyl halides is 1. The first-order chi connectivity index (χ1) is 7.31. The van der Waals surface area contributed by atoms with Crippen LogP contribution in [0.15, 0.2) is 18.3 Å². The molecule has 0 unspecified atom stereocenters. The minimum absolute atomic E-state index is 0.564. The van der Waals surface area contributed by atoms with Gasteiger partial charge < -0.3 is 4.90 Å². The fourth-order valence-electron chi connectivity index (χ4n) is 2.22. The highest BCUT2D eigenvalue weighted by Crippen LogP contribution is 2.26. The van der Waals surface area contributed by atoms with Crippen molar-refractivity contribution in [2.24, 2.45) is 0 Å². The summed E-state index contributed by atoms with van der Waals surface area (Å²) >= 11 is 5.82. The van der Waals surface area contributed by atoms with Gasteiger partial charge in [-0.25, -0.2) is 4.98 Å². The fourth-order valence-corrected chi connectivity index (χ4v) is 2.38. The molecule has 3 heteroatoms. The summed E-state index contributed by atoms with van der Waals surface area (Å²) in [7, 11) is 2.14. The summed E-state index contributed by atoms with van der Waals surface area (Å²) in [5, 5.41) is 0. The Hall–Kier alpha value is -0.760. The molecule has 0 radical (unpaired) electrons. The minimum atomic E-state index is 0.564. The van der Waals surface area contributed by atoms with E-state index in [4.69, 9.17) is 11.6 Å². The van der Waals surface area contributed by atoms with Gasteiger partial charge in [0.2, 0.25) is 0 Å². The Morgan fingerprint density at radius 1 is 1.47 bits per heavy atom. The number of nitrogens with zero attached hydrogens (tertiary/aromatic N) is 2. The van der Waals surface area contributed by atoms with E-state index in [1.165, 1.54) is 25.7 Å². The molecule has 0 N–H and O–H groups in total. The lowest BCUT2D eigenvalue weighted by Crippen LogP contribution is -2.29. The van der Waals surface area contributed by atoms with Crippen molar-refractivity contribution in [1.29, 1.82) is 0 Å². The molecule has 2 rings (SSSR count). The lowest BCUT2D eigenvalue weighted by Gasteiger charge is -2.25. The van der Waals surface area contributed by atoms with E-state index in [-0.39, 0.29) is 0 Å². The molecular weight excluding hydrogens is 208 g/mol. The SMILES string of the molecule is CN(c1cc(CCl)ccn1)C1CCCC1. The van der Waals surface area contributed by atoms with E-state index in [9.17, 15) is 0 Å². The summed E-state index contributed by atoms with van der Waals surface area (Å²) in [6.45, 7) is 0. The number of anilines is 1. The van der Waals surface area contributed by atoms with Gasteiger partial charge in [0, 0.05) is 25.2 Å². The first-order valence-corrected chi connectivity index (χ1v) is 6.08.